The number of phosphoric ester groups is 1. The summed E-state index contributed by atoms with van der Waals surface area (Å²) >= 11 is 3.77. The van der Waals surface area contributed by atoms with Gasteiger partial charge in [-0.25, -0.2) is 28.3 Å². The SMILES string of the molecule is Nc1nc2c(ncn2[C@@H]2O[C@H](CCO)[C@@H](F)[C@H]2OP(=O)(O)OC[C@H]2O[C@@H](n3cc(F)c4c(N)ncnc43)C[C@@H]2O[P+](=O)S)c(=O)[nH]1. The predicted molar refractivity (Wildman–Crippen MR) is 156 cm³/mol. The van der Waals surface area contributed by atoms with Crippen molar-refractivity contribution in [3.63, 3.8) is 0 Å². The molecule has 46 heavy (non-hydrogen) atoms. The number of alkyl halides is 1. The van der Waals surface area contributed by atoms with Crippen molar-refractivity contribution in [2.75, 3.05) is 24.7 Å². The summed E-state index contributed by atoms with van der Waals surface area (Å²) in [7, 11) is -7.64. The average molecular weight is 709 g/mol. The highest BCUT2D eigenvalue weighted by atomic mass is 32.7. The monoisotopic (exact) mass is 708 g/mol. The van der Waals surface area contributed by atoms with Crippen LogP contribution in [0.1, 0.15) is 25.3 Å². The summed E-state index contributed by atoms with van der Waals surface area (Å²) in [5.74, 6) is -1.13. The summed E-state index contributed by atoms with van der Waals surface area (Å²) in [5.41, 5.74) is 10.5. The van der Waals surface area contributed by atoms with Crippen molar-refractivity contribution in [1.82, 2.24) is 34.1 Å². The molecule has 19 nitrogen and oxygen atoms in total. The number of halogens is 2. The van der Waals surface area contributed by atoms with Gasteiger partial charge < -0.3 is 35.5 Å². The van der Waals surface area contributed by atoms with Gasteiger partial charge in [0.15, 0.2) is 35.0 Å². The molecular formula is C22H26F2N9O10P2S+. The third kappa shape index (κ3) is 6.25. The van der Waals surface area contributed by atoms with Gasteiger partial charge in [-0.05, 0) is 11.0 Å². The van der Waals surface area contributed by atoms with E-state index in [0.717, 1.165) is 23.4 Å². The van der Waals surface area contributed by atoms with E-state index in [1.165, 1.54) is 4.57 Å². The normalized spacial score (nSPS) is 28.3. The van der Waals surface area contributed by atoms with Gasteiger partial charge in [0.05, 0.1) is 24.4 Å². The third-order valence-corrected chi connectivity index (χ3v) is 9.09. The number of hydrogen-bond donors (Lipinski definition) is 6. The number of nitrogens with one attached hydrogen (secondary N) is 1. The Kier molecular flexibility index (Phi) is 9.11. The summed E-state index contributed by atoms with van der Waals surface area (Å²) < 4.78 is 85.0. The molecule has 0 radical (unpaired) electrons. The maximum atomic E-state index is 15.6. The number of ether oxygens (including phenoxy) is 2. The van der Waals surface area contributed by atoms with E-state index in [-0.39, 0.29) is 46.8 Å². The number of fused-ring (bicyclic) bond motifs is 2. The highest BCUT2D eigenvalue weighted by Gasteiger charge is 2.51. The molecule has 4 aromatic heterocycles. The first kappa shape index (κ1) is 32.8. The molecule has 6 heterocycles. The standard InChI is InChI=1S/C22H25F2N9O10P2S/c23-8-4-32(18-13(8)17(25)27-6-28-18)12-3-10(42-44(36)46)11(40-12)5-39-45(37,38)43-16-14(24)9(1-2-34)41-21(16)33-7-29-15-19(33)30-22(26)31-20(15)35/h4,6-7,9-12,14,16,21,34H,1-3,5H2,(H6-,25,26,27,28,30,31,35,36,37,38,46)/p+1/t9-,10+,11-,12-,14-,16-,21-/m1/s1. The van der Waals surface area contributed by atoms with Gasteiger partial charge in [0.1, 0.15) is 48.9 Å². The summed E-state index contributed by atoms with van der Waals surface area (Å²) in [4.78, 5) is 41.0. The lowest BCUT2D eigenvalue weighted by Gasteiger charge is -2.24. The van der Waals surface area contributed by atoms with Gasteiger partial charge in [0, 0.05) is 19.2 Å². The number of aromatic nitrogens is 7. The molecule has 24 heteroatoms. The van der Waals surface area contributed by atoms with Gasteiger partial charge in [-0.1, -0.05) is 0 Å². The first-order valence-electron chi connectivity index (χ1n) is 13.4. The summed E-state index contributed by atoms with van der Waals surface area (Å²) in [6.45, 7) is -1.19. The van der Waals surface area contributed by atoms with E-state index in [0.29, 0.717) is 0 Å². The number of nitrogen functional groups attached to an aromatic ring is 2. The molecule has 9 atom stereocenters. The number of hydrogen-bond acceptors (Lipinski definition) is 15. The molecule has 2 unspecified atom stereocenters. The van der Waals surface area contributed by atoms with Crippen LogP contribution in [-0.4, -0.2) is 87.9 Å². The van der Waals surface area contributed by atoms with E-state index in [2.05, 4.69) is 37.2 Å². The van der Waals surface area contributed by atoms with Crippen LogP contribution in [0, 0.1) is 5.82 Å². The van der Waals surface area contributed by atoms with Gasteiger partial charge in [-0.3, -0.25) is 23.4 Å². The molecule has 2 aliphatic heterocycles. The molecule has 2 aliphatic rings. The Morgan fingerprint density at radius 2 is 2.00 bits per heavy atom. The molecule has 6 rings (SSSR count). The Bertz CT molecular complexity index is 1900. The van der Waals surface area contributed by atoms with Crippen molar-refractivity contribution < 1.29 is 51.0 Å². The van der Waals surface area contributed by atoms with Crippen LogP contribution in [0.2, 0.25) is 0 Å². The Hall–Kier alpha value is -3.17. The molecule has 0 aliphatic carbocycles. The summed E-state index contributed by atoms with van der Waals surface area (Å²) in [6.07, 6.45) is -6.88. The molecule has 2 saturated heterocycles. The average Bonchev–Trinajstić information content (AvgIpc) is 3.73. The maximum Gasteiger partial charge on any atom is 0.582 e. The second-order valence-corrected chi connectivity index (χ2v) is 13.3. The number of nitrogens with two attached hydrogens (primary N) is 2. The quantitative estimate of drug-likeness (QED) is 0.0945. The predicted octanol–water partition coefficient (Wildman–Crippen LogP) is 1.25. The molecule has 248 valence electrons. The first-order chi connectivity index (χ1) is 21.9. The minimum atomic E-state index is -5.15. The Labute approximate surface area is 261 Å². The summed E-state index contributed by atoms with van der Waals surface area (Å²) in [5, 5.41) is 9.34. The number of aromatic amines is 1. The van der Waals surface area contributed by atoms with Crippen LogP contribution in [0.15, 0.2) is 23.6 Å². The molecule has 0 spiro atoms. The fourth-order valence-corrected chi connectivity index (χ4v) is 7.14. The minimum Gasteiger partial charge on any atom is -0.396 e. The highest BCUT2D eigenvalue weighted by molar-refractivity contribution is 8.39. The molecule has 0 aromatic carbocycles. The van der Waals surface area contributed by atoms with E-state index >= 15 is 4.39 Å². The number of phosphoric acid groups is 1. The van der Waals surface area contributed by atoms with Crippen LogP contribution < -0.4 is 17.0 Å². The van der Waals surface area contributed by atoms with Crippen molar-refractivity contribution in [1.29, 1.82) is 0 Å². The zero-order chi connectivity index (χ0) is 32.9. The number of aliphatic hydroxyl groups excluding tert-OH is 1. The van der Waals surface area contributed by atoms with Gasteiger partial charge in [-0.2, -0.15) is 4.98 Å². The molecule has 7 N–H and O–H groups in total. The number of imidazole rings is 1. The minimum absolute atomic E-state index is 0.0454. The Morgan fingerprint density at radius 1 is 1.22 bits per heavy atom. The second kappa shape index (κ2) is 12.8. The van der Waals surface area contributed by atoms with Crippen LogP contribution in [0.5, 0.6) is 0 Å². The van der Waals surface area contributed by atoms with Gasteiger partial charge in [0.25, 0.3) is 5.56 Å². The number of rotatable bonds is 11. The topological polar surface area (TPSA) is 267 Å². The van der Waals surface area contributed by atoms with E-state index in [4.69, 9.17) is 34.5 Å². The molecular weight excluding hydrogens is 682 g/mol. The van der Waals surface area contributed by atoms with E-state index in [1.807, 2.05) is 0 Å². The van der Waals surface area contributed by atoms with Crippen molar-refractivity contribution >= 4 is 61.3 Å². The Balaban J connectivity index is 1.22. The van der Waals surface area contributed by atoms with Crippen LogP contribution in [0.4, 0.5) is 20.5 Å². The van der Waals surface area contributed by atoms with Crippen molar-refractivity contribution in [2.45, 2.75) is 55.9 Å². The van der Waals surface area contributed by atoms with Crippen molar-refractivity contribution in [3.8, 4) is 0 Å². The molecule has 4 aromatic rings. The maximum absolute atomic E-state index is 15.6. The largest absolute Gasteiger partial charge is 0.582 e. The summed E-state index contributed by atoms with van der Waals surface area (Å²) in [6, 6.07) is 0. The van der Waals surface area contributed by atoms with Gasteiger partial charge in [0.2, 0.25) is 5.95 Å². The van der Waals surface area contributed by atoms with Gasteiger partial charge >= 0.3 is 15.1 Å². The van der Waals surface area contributed by atoms with E-state index in [1.54, 1.807) is 0 Å². The number of aliphatic hydroxyl groups is 1. The van der Waals surface area contributed by atoms with E-state index < -0.39 is 82.7 Å². The lowest BCUT2D eigenvalue weighted by molar-refractivity contribution is -0.0538. The number of anilines is 2. The smallest absolute Gasteiger partial charge is 0.396 e. The second-order valence-electron chi connectivity index (χ2n) is 10.2. The lowest BCUT2D eigenvalue weighted by atomic mass is 10.1. The zero-order valence-electron chi connectivity index (χ0n) is 23.2. The van der Waals surface area contributed by atoms with Gasteiger partial charge in [-0.15, -0.1) is 4.52 Å². The van der Waals surface area contributed by atoms with E-state index in [9.17, 15) is 28.3 Å². The van der Waals surface area contributed by atoms with Crippen LogP contribution in [0.25, 0.3) is 22.2 Å². The van der Waals surface area contributed by atoms with Crippen LogP contribution >= 0.6 is 27.3 Å². The highest BCUT2D eigenvalue weighted by Crippen LogP contribution is 2.51. The fraction of sp³-hybridized carbons (Fsp3) is 0.500. The number of nitrogens with zero attached hydrogens (tertiary/aromatic N) is 6. The molecule has 2 fully saturated rings. The van der Waals surface area contributed by atoms with Crippen LogP contribution in [-0.2, 0) is 32.2 Å². The number of thiol groups is 1. The van der Waals surface area contributed by atoms with Crippen molar-refractivity contribution in [3.05, 3.63) is 35.0 Å². The molecule has 0 saturated carbocycles. The lowest BCUT2D eigenvalue weighted by Crippen LogP contribution is -2.32. The van der Waals surface area contributed by atoms with Crippen LogP contribution in [0.3, 0.4) is 0 Å². The molecule has 0 bridgehead atoms. The Morgan fingerprint density at radius 3 is 2.74 bits per heavy atom. The molecule has 0 amide bonds. The zero-order valence-corrected chi connectivity index (χ0v) is 25.9. The third-order valence-electron chi connectivity index (χ3n) is 7.37. The van der Waals surface area contributed by atoms with Crippen molar-refractivity contribution in [2.24, 2.45) is 0 Å². The number of H-pyrrole nitrogens is 1. The first-order valence-corrected chi connectivity index (χ1v) is 17.2. The fourth-order valence-electron chi connectivity index (χ4n) is 5.40.